The minimum atomic E-state index is 0.164. The molecule has 0 aliphatic carbocycles. The Morgan fingerprint density at radius 2 is 2.11 bits per heavy atom. The number of nitrogens with zero attached hydrogens (tertiary/aromatic N) is 1. The first-order chi connectivity index (χ1) is 9.03. The van der Waals surface area contributed by atoms with Gasteiger partial charge in [-0.3, -0.25) is 4.79 Å². The van der Waals surface area contributed by atoms with E-state index in [1.54, 1.807) is 0 Å². The summed E-state index contributed by atoms with van der Waals surface area (Å²) in [6, 6.07) is 7.84. The summed E-state index contributed by atoms with van der Waals surface area (Å²) in [7, 11) is 0. The van der Waals surface area contributed by atoms with E-state index >= 15 is 0 Å². The lowest BCUT2D eigenvalue weighted by molar-refractivity contribution is 0.0582. The van der Waals surface area contributed by atoms with Crippen LogP contribution in [0.3, 0.4) is 0 Å². The van der Waals surface area contributed by atoms with Crippen molar-refractivity contribution in [3.8, 4) is 0 Å². The van der Waals surface area contributed by atoms with Gasteiger partial charge in [-0.15, -0.1) is 0 Å². The average Bonchev–Trinajstić information content (AvgIpc) is 2.38. The minimum absolute atomic E-state index is 0.164. The van der Waals surface area contributed by atoms with Gasteiger partial charge in [-0.05, 0) is 42.9 Å². The van der Waals surface area contributed by atoms with Crippen molar-refractivity contribution < 1.29 is 4.79 Å². The molecule has 1 fully saturated rings. The summed E-state index contributed by atoms with van der Waals surface area (Å²) < 4.78 is 0. The van der Waals surface area contributed by atoms with Crippen molar-refractivity contribution in [2.75, 3.05) is 19.6 Å². The summed E-state index contributed by atoms with van der Waals surface area (Å²) in [6.45, 7) is 6.77. The van der Waals surface area contributed by atoms with Crippen molar-refractivity contribution in [3.05, 3.63) is 35.4 Å². The molecule has 2 N–H and O–H groups in total. The van der Waals surface area contributed by atoms with Crippen LogP contribution in [0.25, 0.3) is 0 Å². The Balaban J connectivity index is 2.19. The molecule has 1 aromatic carbocycles. The number of hydrogen-bond acceptors (Lipinski definition) is 2. The summed E-state index contributed by atoms with van der Waals surface area (Å²) in [5.74, 6) is 0.164. The minimum Gasteiger partial charge on any atom is -0.338 e. The van der Waals surface area contributed by atoms with E-state index in [2.05, 4.69) is 13.8 Å². The highest BCUT2D eigenvalue weighted by Crippen LogP contribution is 2.29. The van der Waals surface area contributed by atoms with Gasteiger partial charge in [-0.1, -0.05) is 32.0 Å². The van der Waals surface area contributed by atoms with E-state index in [4.69, 9.17) is 5.73 Å². The van der Waals surface area contributed by atoms with Crippen LogP contribution in [0, 0.1) is 5.41 Å². The molecular formula is C16H24N2O. The predicted octanol–water partition coefficient (Wildman–Crippen LogP) is 2.45. The van der Waals surface area contributed by atoms with Crippen LogP contribution >= 0.6 is 0 Å². The molecule has 0 saturated carbocycles. The van der Waals surface area contributed by atoms with Crippen LogP contribution < -0.4 is 5.73 Å². The second kappa shape index (κ2) is 5.74. The molecular weight excluding hydrogens is 236 g/mol. The van der Waals surface area contributed by atoms with Crippen LogP contribution in [-0.2, 0) is 6.42 Å². The van der Waals surface area contributed by atoms with Crippen molar-refractivity contribution in [3.63, 3.8) is 0 Å². The van der Waals surface area contributed by atoms with Crippen molar-refractivity contribution in [2.24, 2.45) is 11.1 Å². The van der Waals surface area contributed by atoms with Crippen LogP contribution in [0.1, 0.15) is 42.6 Å². The van der Waals surface area contributed by atoms with Gasteiger partial charge in [0.25, 0.3) is 5.91 Å². The fourth-order valence-corrected chi connectivity index (χ4v) is 2.87. The third-order valence-corrected chi connectivity index (χ3v) is 3.85. The van der Waals surface area contributed by atoms with Crippen LogP contribution in [0.5, 0.6) is 0 Å². The molecule has 0 atom stereocenters. The third kappa shape index (κ3) is 3.35. The SMILES string of the molecule is CC1(C)CCCN(C(=O)c2ccccc2CCN)C1. The Morgan fingerprint density at radius 3 is 2.79 bits per heavy atom. The number of hydrogen-bond donors (Lipinski definition) is 1. The van der Waals surface area contributed by atoms with Gasteiger partial charge in [-0.2, -0.15) is 0 Å². The summed E-state index contributed by atoms with van der Waals surface area (Å²) in [5.41, 5.74) is 7.75. The van der Waals surface area contributed by atoms with Crippen LogP contribution in [0.4, 0.5) is 0 Å². The van der Waals surface area contributed by atoms with E-state index in [1.165, 1.54) is 6.42 Å². The molecule has 0 bridgehead atoms. The van der Waals surface area contributed by atoms with Gasteiger partial charge in [0.15, 0.2) is 0 Å². The van der Waals surface area contributed by atoms with Gasteiger partial charge < -0.3 is 10.6 Å². The maximum Gasteiger partial charge on any atom is 0.254 e. The molecule has 1 heterocycles. The molecule has 3 heteroatoms. The van der Waals surface area contributed by atoms with Crippen LogP contribution in [-0.4, -0.2) is 30.4 Å². The molecule has 0 aromatic heterocycles. The second-order valence-corrected chi connectivity index (χ2v) is 6.19. The van der Waals surface area contributed by atoms with E-state index < -0.39 is 0 Å². The predicted molar refractivity (Wildman–Crippen MR) is 78.1 cm³/mol. The first-order valence-corrected chi connectivity index (χ1v) is 7.11. The van der Waals surface area contributed by atoms with Crippen molar-refractivity contribution in [1.29, 1.82) is 0 Å². The number of benzene rings is 1. The molecule has 2 rings (SSSR count). The van der Waals surface area contributed by atoms with Gasteiger partial charge in [0.05, 0.1) is 0 Å². The standard InChI is InChI=1S/C16H24N2O/c1-16(2)9-5-11-18(12-16)15(19)14-7-4-3-6-13(14)8-10-17/h3-4,6-7H,5,8-12,17H2,1-2H3. The van der Waals surface area contributed by atoms with Gasteiger partial charge in [0.1, 0.15) is 0 Å². The number of piperidine rings is 1. The summed E-state index contributed by atoms with van der Waals surface area (Å²) in [5, 5.41) is 0. The smallest absolute Gasteiger partial charge is 0.254 e. The number of carbonyl (C=O) groups is 1. The number of rotatable bonds is 3. The largest absolute Gasteiger partial charge is 0.338 e. The van der Waals surface area contributed by atoms with Crippen LogP contribution in [0.2, 0.25) is 0 Å². The highest BCUT2D eigenvalue weighted by atomic mass is 16.2. The molecule has 3 nitrogen and oxygen atoms in total. The molecule has 0 unspecified atom stereocenters. The van der Waals surface area contributed by atoms with E-state index in [-0.39, 0.29) is 11.3 Å². The number of amides is 1. The highest BCUT2D eigenvalue weighted by Gasteiger charge is 2.30. The Hall–Kier alpha value is -1.35. The molecule has 104 valence electrons. The van der Waals surface area contributed by atoms with Crippen molar-refractivity contribution in [1.82, 2.24) is 4.90 Å². The lowest BCUT2D eigenvalue weighted by Crippen LogP contribution is -2.43. The zero-order chi connectivity index (χ0) is 13.9. The molecule has 19 heavy (non-hydrogen) atoms. The summed E-state index contributed by atoms with van der Waals surface area (Å²) in [4.78, 5) is 14.7. The molecule has 0 spiro atoms. The quantitative estimate of drug-likeness (QED) is 0.907. The van der Waals surface area contributed by atoms with Crippen molar-refractivity contribution in [2.45, 2.75) is 33.1 Å². The lowest BCUT2D eigenvalue weighted by atomic mass is 9.84. The van der Waals surface area contributed by atoms with Gasteiger partial charge in [-0.25, -0.2) is 0 Å². The fraction of sp³-hybridized carbons (Fsp3) is 0.562. The Morgan fingerprint density at radius 1 is 1.37 bits per heavy atom. The first kappa shape index (κ1) is 14.1. The zero-order valence-corrected chi connectivity index (χ0v) is 12.0. The zero-order valence-electron chi connectivity index (χ0n) is 12.0. The highest BCUT2D eigenvalue weighted by molar-refractivity contribution is 5.95. The van der Waals surface area contributed by atoms with Gasteiger partial charge in [0, 0.05) is 18.7 Å². The summed E-state index contributed by atoms with van der Waals surface area (Å²) >= 11 is 0. The van der Waals surface area contributed by atoms with Gasteiger partial charge in [0.2, 0.25) is 0 Å². The fourth-order valence-electron chi connectivity index (χ4n) is 2.87. The molecule has 1 aromatic rings. The Kier molecular flexibility index (Phi) is 4.25. The van der Waals surface area contributed by atoms with E-state index in [9.17, 15) is 4.79 Å². The molecule has 1 aliphatic heterocycles. The molecule has 1 amide bonds. The molecule has 1 saturated heterocycles. The normalized spacial score (nSPS) is 18.4. The van der Waals surface area contributed by atoms with Gasteiger partial charge >= 0.3 is 0 Å². The second-order valence-electron chi connectivity index (χ2n) is 6.19. The third-order valence-electron chi connectivity index (χ3n) is 3.85. The number of carbonyl (C=O) groups excluding carboxylic acids is 1. The number of nitrogens with two attached hydrogens (primary N) is 1. The topological polar surface area (TPSA) is 46.3 Å². The van der Waals surface area contributed by atoms with Crippen LogP contribution in [0.15, 0.2) is 24.3 Å². The monoisotopic (exact) mass is 260 g/mol. The van der Waals surface area contributed by atoms with E-state index in [0.717, 1.165) is 37.1 Å². The van der Waals surface area contributed by atoms with E-state index in [0.29, 0.717) is 6.54 Å². The summed E-state index contributed by atoms with van der Waals surface area (Å²) in [6.07, 6.45) is 3.05. The number of likely N-dealkylation sites (tertiary alicyclic amines) is 1. The Labute approximate surface area is 115 Å². The Bertz CT molecular complexity index is 454. The average molecular weight is 260 g/mol. The molecule has 0 radical (unpaired) electrons. The molecule has 1 aliphatic rings. The van der Waals surface area contributed by atoms with Crippen molar-refractivity contribution >= 4 is 5.91 Å². The maximum atomic E-state index is 12.7. The lowest BCUT2D eigenvalue weighted by Gasteiger charge is -2.38. The maximum absolute atomic E-state index is 12.7. The first-order valence-electron chi connectivity index (χ1n) is 7.11. The van der Waals surface area contributed by atoms with E-state index in [1.807, 2.05) is 29.2 Å².